The fraction of sp³-hybridized carbons (Fsp3) is 0.214. The third-order valence-corrected chi connectivity index (χ3v) is 2.06. The first kappa shape index (κ1) is 12.1. The summed E-state index contributed by atoms with van der Waals surface area (Å²) in [6.07, 6.45) is 3.06. The minimum atomic E-state index is -0.865. The molecule has 0 bridgehead atoms. The predicted octanol–water partition coefficient (Wildman–Crippen LogP) is 2.85. The van der Waals surface area contributed by atoms with Crippen molar-refractivity contribution in [1.82, 2.24) is 0 Å². The quantitative estimate of drug-likeness (QED) is 0.477. The maximum absolute atomic E-state index is 10.5. The fourth-order valence-electron chi connectivity index (χ4n) is 1.13. The van der Waals surface area contributed by atoms with Crippen molar-refractivity contribution in [3.63, 3.8) is 0 Å². The SMILES string of the molecule is CC(=CCCC#Cc1ccccc1)C(=O)O. The lowest BCUT2D eigenvalue weighted by atomic mass is 10.2. The molecule has 0 saturated heterocycles. The summed E-state index contributed by atoms with van der Waals surface area (Å²) in [5.74, 6) is 5.16. The Hall–Kier alpha value is -2.01. The van der Waals surface area contributed by atoms with Gasteiger partial charge in [0.2, 0.25) is 0 Å². The number of allylic oxidation sites excluding steroid dienone is 1. The standard InChI is InChI=1S/C14H14O2/c1-12(14(15)16)8-4-2-5-9-13-10-6-3-7-11-13/h3,6-8,10-11H,2,4H2,1H3,(H,15,16). The highest BCUT2D eigenvalue weighted by Gasteiger charge is 1.96. The Labute approximate surface area is 95.6 Å². The summed E-state index contributed by atoms with van der Waals surface area (Å²) in [5, 5.41) is 8.61. The monoisotopic (exact) mass is 214 g/mol. The minimum absolute atomic E-state index is 0.376. The molecule has 0 spiro atoms. The van der Waals surface area contributed by atoms with E-state index in [9.17, 15) is 4.79 Å². The first-order valence-corrected chi connectivity index (χ1v) is 5.14. The van der Waals surface area contributed by atoms with Crippen molar-refractivity contribution in [2.75, 3.05) is 0 Å². The van der Waals surface area contributed by atoms with Crippen molar-refractivity contribution < 1.29 is 9.90 Å². The van der Waals surface area contributed by atoms with Crippen molar-refractivity contribution in [2.45, 2.75) is 19.8 Å². The van der Waals surface area contributed by atoms with Gasteiger partial charge in [-0.05, 0) is 25.5 Å². The van der Waals surface area contributed by atoms with Crippen LogP contribution in [0, 0.1) is 11.8 Å². The van der Waals surface area contributed by atoms with E-state index in [-0.39, 0.29) is 0 Å². The van der Waals surface area contributed by atoms with E-state index in [4.69, 9.17) is 5.11 Å². The molecule has 0 fully saturated rings. The number of hydrogen-bond donors (Lipinski definition) is 1. The van der Waals surface area contributed by atoms with Crippen LogP contribution in [0.5, 0.6) is 0 Å². The van der Waals surface area contributed by atoms with Crippen LogP contribution < -0.4 is 0 Å². The molecular formula is C14H14O2. The van der Waals surface area contributed by atoms with E-state index in [1.54, 1.807) is 13.0 Å². The number of carbonyl (C=O) groups is 1. The molecular weight excluding hydrogens is 200 g/mol. The molecule has 1 aromatic carbocycles. The number of carboxylic acid groups (broad SMARTS) is 1. The molecule has 0 amide bonds. The molecule has 2 heteroatoms. The Bertz CT molecular complexity index is 433. The predicted molar refractivity (Wildman–Crippen MR) is 63.9 cm³/mol. The van der Waals surface area contributed by atoms with Gasteiger partial charge in [-0.2, -0.15) is 0 Å². The second-order valence-electron chi connectivity index (χ2n) is 3.40. The molecule has 1 N–H and O–H groups in total. The number of carboxylic acids is 1. The second kappa shape index (κ2) is 6.47. The van der Waals surface area contributed by atoms with Crippen molar-refractivity contribution in [1.29, 1.82) is 0 Å². The molecule has 0 aliphatic rings. The second-order valence-corrected chi connectivity index (χ2v) is 3.40. The van der Waals surface area contributed by atoms with Gasteiger partial charge in [-0.15, -0.1) is 0 Å². The van der Waals surface area contributed by atoms with Crippen LogP contribution in [-0.2, 0) is 4.79 Å². The summed E-state index contributed by atoms with van der Waals surface area (Å²) < 4.78 is 0. The highest BCUT2D eigenvalue weighted by Crippen LogP contribution is 1.99. The van der Waals surface area contributed by atoms with Gasteiger partial charge in [0.05, 0.1) is 0 Å². The Morgan fingerprint density at radius 1 is 1.38 bits per heavy atom. The maximum Gasteiger partial charge on any atom is 0.330 e. The minimum Gasteiger partial charge on any atom is -0.478 e. The highest BCUT2D eigenvalue weighted by molar-refractivity contribution is 5.85. The molecule has 82 valence electrons. The van der Waals surface area contributed by atoms with Gasteiger partial charge in [0.1, 0.15) is 0 Å². The van der Waals surface area contributed by atoms with Crippen LogP contribution >= 0.6 is 0 Å². The van der Waals surface area contributed by atoms with Gasteiger partial charge in [0, 0.05) is 17.6 Å². The largest absolute Gasteiger partial charge is 0.478 e. The first-order chi connectivity index (χ1) is 7.70. The van der Waals surface area contributed by atoms with Crippen molar-refractivity contribution in [2.24, 2.45) is 0 Å². The summed E-state index contributed by atoms with van der Waals surface area (Å²) >= 11 is 0. The van der Waals surface area contributed by atoms with Crippen molar-refractivity contribution in [3.05, 3.63) is 47.5 Å². The Kier molecular flexibility index (Phi) is 4.88. The third kappa shape index (κ3) is 4.47. The van der Waals surface area contributed by atoms with E-state index in [2.05, 4.69) is 11.8 Å². The molecule has 0 unspecified atom stereocenters. The van der Waals surface area contributed by atoms with Gasteiger partial charge >= 0.3 is 5.97 Å². The van der Waals surface area contributed by atoms with Crippen LogP contribution in [0.2, 0.25) is 0 Å². The van der Waals surface area contributed by atoms with Gasteiger partial charge in [-0.1, -0.05) is 36.1 Å². The molecule has 0 aromatic heterocycles. The molecule has 1 aromatic rings. The maximum atomic E-state index is 10.5. The van der Waals surface area contributed by atoms with Gasteiger partial charge in [-0.25, -0.2) is 4.79 Å². The number of unbranched alkanes of at least 4 members (excludes halogenated alkanes) is 1. The molecule has 0 heterocycles. The Morgan fingerprint density at radius 2 is 2.06 bits per heavy atom. The molecule has 0 aliphatic heterocycles. The van der Waals surface area contributed by atoms with Crippen molar-refractivity contribution >= 4 is 5.97 Å². The zero-order chi connectivity index (χ0) is 11.8. The van der Waals surface area contributed by atoms with Crippen molar-refractivity contribution in [3.8, 4) is 11.8 Å². The topological polar surface area (TPSA) is 37.3 Å². The summed E-state index contributed by atoms with van der Waals surface area (Å²) in [6.45, 7) is 1.59. The van der Waals surface area contributed by atoms with Crippen LogP contribution in [0.3, 0.4) is 0 Å². The van der Waals surface area contributed by atoms with Crippen LogP contribution in [-0.4, -0.2) is 11.1 Å². The Balaban J connectivity index is 2.40. The van der Waals surface area contributed by atoms with E-state index in [0.717, 1.165) is 5.56 Å². The first-order valence-electron chi connectivity index (χ1n) is 5.14. The Morgan fingerprint density at radius 3 is 2.69 bits per heavy atom. The molecule has 1 rings (SSSR count). The van der Waals surface area contributed by atoms with E-state index >= 15 is 0 Å². The van der Waals surface area contributed by atoms with E-state index in [0.29, 0.717) is 18.4 Å². The molecule has 16 heavy (non-hydrogen) atoms. The van der Waals surface area contributed by atoms with E-state index in [1.807, 2.05) is 30.3 Å². The molecule has 0 aliphatic carbocycles. The molecule has 0 saturated carbocycles. The van der Waals surface area contributed by atoms with Crippen LogP contribution in [0.25, 0.3) is 0 Å². The van der Waals surface area contributed by atoms with Gasteiger partial charge in [0.25, 0.3) is 0 Å². The molecule has 0 atom stereocenters. The smallest absolute Gasteiger partial charge is 0.330 e. The van der Waals surface area contributed by atoms with Gasteiger partial charge in [0.15, 0.2) is 0 Å². The fourth-order valence-corrected chi connectivity index (χ4v) is 1.13. The van der Waals surface area contributed by atoms with E-state index < -0.39 is 5.97 Å². The number of rotatable bonds is 3. The van der Waals surface area contributed by atoms with Crippen LogP contribution in [0.15, 0.2) is 42.0 Å². The third-order valence-electron chi connectivity index (χ3n) is 2.06. The van der Waals surface area contributed by atoms with Crippen LogP contribution in [0.1, 0.15) is 25.3 Å². The normalized spacial score (nSPS) is 10.4. The number of aliphatic carboxylic acids is 1. The lowest BCUT2D eigenvalue weighted by Gasteiger charge is -1.90. The summed E-state index contributed by atoms with van der Waals surface area (Å²) in [7, 11) is 0. The zero-order valence-electron chi connectivity index (χ0n) is 9.23. The molecule has 0 radical (unpaired) electrons. The van der Waals surface area contributed by atoms with Gasteiger partial charge in [-0.3, -0.25) is 0 Å². The lowest BCUT2D eigenvalue weighted by molar-refractivity contribution is -0.132. The summed E-state index contributed by atoms with van der Waals surface area (Å²) in [4.78, 5) is 10.5. The van der Waals surface area contributed by atoms with Gasteiger partial charge < -0.3 is 5.11 Å². The van der Waals surface area contributed by atoms with Crippen LogP contribution in [0.4, 0.5) is 0 Å². The lowest BCUT2D eigenvalue weighted by Crippen LogP contribution is -1.95. The zero-order valence-corrected chi connectivity index (χ0v) is 9.23. The average Bonchev–Trinajstić information content (AvgIpc) is 2.29. The number of benzene rings is 1. The molecule has 2 nitrogen and oxygen atoms in total. The summed E-state index contributed by atoms with van der Waals surface area (Å²) in [6, 6.07) is 9.73. The van der Waals surface area contributed by atoms with E-state index in [1.165, 1.54) is 0 Å². The average molecular weight is 214 g/mol. The summed E-state index contributed by atoms with van der Waals surface area (Å²) in [5.41, 5.74) is 1.36. The highest BCUT2D eigenvalue weighted by atomic mass is 16.4. The number of hydrogen-bond acceptors (Lipinski definition) is 1.